The van der Waals surface area contributed by atoms with Crippen molar-refractivity contribution in [2.75, 3.05) is 29.9 Å². The number of aromatic nitrogens is 1. The molecule has 2 heterocycles. The molecule has 0 aliphatic carbocycles. The number of fused-ring (bicyclic) bond motifs is 1. The summed E-state index contributed by atoms with van der Waals surface area (Å²) < 4.78 is 6.59. The standard InChI is InChI=1S/C14H18IN3O2S/c15-6-10-7-17-14(21-10)12-4-8-3-9(20-2-1-19)5-11(16)13(8)18-12/h3-5,10,14,17-19H,1-2,6-7,16H2/t10?,14-/m1/s1. The lowest BCUT2D eigenvalue weighted by Gasteiger charge is -2.07. The van der Waals surface area contributed by atoms with Crippen LogP contribution in [0.3, 0.4) is 0 Å². The Morgan fingerprint density at radius 2 is 2.29 bits per heavy atom. The summed E-state index contributed by atoms with van der Waals surface area (Å²) in [5.41, 5.74) is 8.85. The third-order valence-corrected chi connectivity index (χ3v) is 6.50. The largest absolute Gasteiger partial charge is 0.491 e. The zero-order chi connectivity index (χ0) is 14.8. The molecule has 2 aromatic rings. The highest BCUT2D eigenvalue weighted by atomic mass is 127. The van der Waals surface area contributed by atoms with E-state index >= 15 is 0 Å². The molecule has 1 aromatic heterocycles. The minimum Gasteiger partial charge on any atom is -0.491 e. The number of nitrogen functional groups attached to an aromatic ring is 1. The molecule has 0 saturated carbocycles. The van der Waals surface area contributed by atoms with E-state index in [2.05, 4.69) is 39.0 Å². The average Bonchev–Trinajstić information content (AvgIpc) is 3.11. The summed E-state index contributed by atoms with van der Waals surface area (Å²) >= 11 is 4.38. The van der Waals surface area contributed by atoms with Crippen LogP contribution in [-0.4, -0.2) is 39.5 Å². The van der Waals surface area contributed by atoms with Gasteiger partial charge in [0.15, 0.2) is 0 Å². The van der Waals surface area contributed by atoms with Gasteiger partial charge in [0.05, 0.1) is 23.2 Å². The second kappa shape index (κ2) is 6.64. The molecule has 3 rings (SSSR count). The number of benzene rings is 1. The Morgan fingerprint density at radius 3 is 3.00 bits per heavy atom. The van der Waals surface area contributed by atoms with Crippen molar-refractivity contribution in [3.05, 3.63) is 23.9 Å². The number of aliphatic hydroxyl groups is 1. The number of hydrogen-bond donors (Lipinski definition) is 4. The van der Waals surface area contributed by atoms with Crippen LogP contribution in [0, 0.1) is 0 Å². The van der Waals surface area contributed by atoms with Gasteiger partial charge < -0.3 is 20.6 Å². The summed E-state index contributed by atoms with van der Waals surface area (Å²) in [5.74, 6) is 0.691. The van der Waals surface area contributed by atoms with Crippen molar-refractivity contribution >= 4 is 50.9 Å². The number of thioether (sulfide) groups is 1. The molecule has 0 bridgehead atoms. The summed E-state index contributed by atoms with van der Waals surface area (Å²) in [6, 6.07) is 5.87. The number of nitrogens with two attached hydrogens (primary N) is 1. The summed E-state index contributed by atoms with van der Waals surface area (Å²) in [5, 5.41) is 14.3. The van der Waals surface area contributed by atoms with Crippen LogP contribution in [0.1, 0.15) is 11.1 Å². The Kier molecular flexibility index (Phi) is 4.82. The molecule has 1 fully saturated rings. The number of alkyl halides is 1. The molecule has 1 saturated heterocycles. The summed E-state index contributed by atoms with van der Waals surface area (Å²) in [7, 11) is 0. The van der Waals surface area contributed by atoms with Gasteiger partial charge >= 0.3 is 0 Å². The molecule has 5 nitrogen and oxygen atoms in total. The lowest BCUT2D eigenvalue weighted by atomic mass is 10.2. The summed E-state index contributed by atoms with van der Waals surface area (Å²) in [6.45, 7) is 1.31. The average molecular weight is 419 g/mol. The molecule has 1 aromatic carbocycles. The van der Waals surface area contributed by atoms with E-state index in [1.807, 2.05) is 17.8 Å². The maximum absolute atomic E-state index is 8.83. The molecule has 1 aliphatic heterocycles. The van der Waals surface area contributed by atoms with Crippen LogP contribution >= 0.6 is 34.4 Å². The molecular weight excluding hydrogens is 401 g/mol. The first-order chi connectivity index (χ1) is 10.2. The van der Waals surface area contributed by atoms with E-state index in [-0.39, 0.29) is 13.2 Å². The normalized spacial score (nSPS) is 22.0. The SMILES string of the molecule is Nc1cc(OCCO)cc2cc([C@@H]3NCC(CI)S3)[nH]c12. The fourth-order valence-electron chi connectivity index (χ4n) is 2.45. The van der Waals surface area contributed by atoms with Crippen molar-refractivity contribution in [2.45, 2.75) is 10.6 Å². The minimum atomic E-state index is -0.00332. The molecule has 0 radical (unpaired) electrons. The van der Waals surface area contributed by atoms with Gasteiger partial charge in [-0.05, 0) is 12.1 Å². The summed E-state index contributed by atoms with van der Waals surface area (Å²) in [4.78, 5) is 3.42. The number of nitrogens with one attached hydrogen (secondary N) is 2. The number of halogens is 1. The number of H-pyrrole nitrogens is 1. The van der Waals surface area contributed by atoms with Gasteiger partial charge in [-0.15, -0.1) is 11.8 Å². The van der Waals surface area contributed by atoms with E-state index in [1.165, 1.54) is 0 Å². The minimum absolute atomic E-state index is 0.00332. The monoisotopic (exact) mass is 419 g/mol. The van der Waals surface area contributed by atoms with Gasteiger partial charge in [0.25, 0.3) is 0 Å². The Labute approximate surface area is 141 Å². The van der Waals surface area contributed by atoms with Crippen LogP contribution in [0.4, 0.5) is 5.69 Å². The van der Waals surface area contributed by atoms with Crippen LogP contribution < -0.4 is 15.8 Å². The maximum atomic E-state index is 8.83. The zero-order valence-electron chi connectivity index (χ0n) is 11.4. The number of aliphatic hydroxyl groups excluding tert-OH is 1. The van der Waals surface area contributed by atoms with Gasteiger partial charge in [-0.1, -0.05) is 22.6 Å². The smallest absolute Gasteiger partial charge is 0.122 e. The van der Waals surface area contributed by atoms with Crippen molar-refractivity contribution in [3.63, 3.8) is 0 Å². The Hall–Kier alpha value is -0.640. The fourth-order valence-corrected chi connectivity index (χ4v) is 4.51. The number of ether oxygens (including phenoxy) is 1. The van der Waals surface area contributed by atoms with Gasteiger partial charge in [-0.2, -0.15) is 0 Å². The van der Waals surface area contributed by atoms with E-state index in [4.69, 9.17) is 15.6 Å². The second-order valence-corrected chi connectivity index (χ2v) is 7.27. The number of rotatable bonds is 5. The number of hydrogen-bond acceptors (Lipinski definition) is 5. The van der Waals surface area contributed by atoms with Gasteiger partial charge in [0.2, 0.25) is 0 Å². The highest BCUT2D eigenvalue weighted by molar-refractivity contribution is 14.1. The highest BCUT2D eigenvalue weighted by Crippen LogP contribution is 2.38. The molecular formula is C14H18IN3O2S. The molecule has 7 heteroatoms. The lowest BCUT2D eigenvalue weighted by Crippen LogP contribution is -2.15. The van der Waals surface area contributed by atoms with Crippen LogP contribution in [0.2, 0.25) is 0 Å². The first-order valence-corrected chi connectivity index (χ1v) is 9.28. The molecule has 2 atom stereocenters. The Morgan fingerprint density at radius 1 is 1.43 bits per heavy atom. The van der Waals surface area contributed by atoms with Gasteiger partial charge in [-0.3, -0.25) is 5.32 Å². The van der Waals surface area contributed by atoms with Gasteiger partial charge in [-0.25, -0.2) is 0 Å². The van der Waals surface area contributed by atoms with Gasteiger partial charge in [0.1, 0.15) is 12.4 Å². The van der Waals surface area contributed by atoms with Crippen LogP contribution in [0.15, 0.2) is 18.2 Å². The van der Waals surface area contributed by atoms with Crippen LogP contribution in [0.5, 0.6) is 5.75 Å². The molecule has 0 amide bonds. The third kappa shape index (κ3) is 3.25. The van der Waals surface area contributed by atoms with E-state index in [1.54, 1.807) is 6.07 Å². The third-order valence-electron chi connectivity index (χ3n) is 3.43. The van der Waals surface area contributed by atoms with Crippen molar-refractivity contribution in [1.29, 1.82) is 0 Å². The van der Waals surface area contributed by atoms with E-state index in [0.29, 0.717) is 22.1 Å². The van der Waals surface area contributed by atoms with Crippen LogP contribution in [-0.2, 0) is 0 Å². The molecule has 21 heavy (non-hydrogen) atoms. The number of anilines is 1. The zero-order valence-corrected chi connectivity index (χ0v) is 14.4. The molecule has 0 spiro atoms. The lowest BCUT2D eigenvalue weighted by molar-refractivity contribution is 0.201. The first kappa shape index (κ1) is 15.3. The first-order valence-electron chi connectivity index (χ1n) is 6.82. The second-order valence-electron chi connectivity index (χ2n) is 4.97. The predicted molar refractivity (Wildman–Crippen MR) is 96.3 cm³/mol. The van der Waals surface area contributed by atoms with Crippen molar-refractivity contribution in [1.82, 2.24) is 10.3 Å². The topological polar surface area (TPSA) is 83.3 Å². The van der Waals surface area contributed by atoms with E-state index in [0.717, 1.165) is 27.6 Å². The van der Waals surface area contributed by atoms with Crippen molar-refractivity contribution in [3.8, 4) is 5.75 Å². The van der Waals surface area contributed by atoms with Crippen molar-refractivity contribution < 1.29 is 9.84 Å². The molecule has 1 aliphatic rings. The molecule has 114 valence electrons. The van der Waals surface area contributed by atoms with E-state index < -0.39 is 0 Å². The maximum Gasteiger partial charge on any atom is 0.122 e. The van der Waals surface area contributed by atoms with Crippen molar-refractivity contribution in [2.24, 2.45) is 0 Å². The van der Waals surface area contributed by atoms with Gasteiger partial charge in [0, 0.05) is 33.4 Å². The summed E-state index contributed by atoms with van der Waals surface area (Å²) in [6.07, 6.45) is 0. The Balaban J connectivity index is 1.87. The molecule has 5 N–H and O–H groups in total. The van der Waals surface area contributed by atoms with Crippen LogP contribution in [0.25, 0.3) is 10.9 Å². The highest BCUT2D eigenvalue weighted by Gasteiger charge is 2.26. The quantitative estimate of drug-likeness (QED) is 0.340. The number of aromatic amines is 1. The Bertz CT molecular complexity index is 634. The van der Waals surface area contributed by atoms with E-state index in [9.17, 15) is 0 Å². The predicted octanol–water partition coefficient (Wildman–Crippen LogP) is 2.26. The molecule has 1 unspecified atom stereocenters. The fraction of sp³-hybridized carbons (Fsp3) is 0.429.